The van der Waals surface area contributed by atoms with Gasteiger partial charge in [0.15, 0.2) is 0 Å². The summed E-state index contributed by atoms with van der Waals surface area (Å²) in [6.45, 7) is 1.92. The van der Waals surface area contributed by atoms with Crippen LogP contribution in [0.2, 0.25) is 5.02 Å². The second kappa shape index (κ2) is 6.06. The number of nitrogen functional groups attached to an aromatic ring is 1. The van der Waals surface area contributed by atoms with Crippen LogP contribution in [-0.2, 0) is 14.8 Å². The van der Waals surface area contributed by atoms with Crippen LogP contribution in [0.5, 0.6) is 0 Å². The van der Waals surface area contributed by atoms with Crippen molar-refractivity contribution in [3.8, 4) is 0 Å². The predicted octanol–water partition coefficient (Wildman–Crippen LogP) is 1.92. The molecule has 1 amide bonds. The summed E-state index contributed by atoms with van der Waals surface area (Å²) in [5.41, 5.74) is 5.77. The van der Waals surface area contributed by atoms with Gasteiger partial charge >= 0.3 is 0 Å². The number of unbranched alkanes of at least 4 members (excludes halogenated alkanes) is 1. The van der Waals surface area contributed by atoms with Crippen molar-refractivity contribution in [1.29, 1.82) is 0 Å². The minimum absolute atomic E-state index is 0.0773. The fourth-order valence-corrected chi connectivity index (χ4v) is 2.56. The van der Waals surface area contributed by atoms with Gasteiger partial charge in [-0.25, -0.2) is 13.1 Å². The number of nitrogens with one attached hydrogen (secondary N) is 1. The topological polar surface area (TPSA) is 89.3 Å². The standard InChI is InChI=1S/C11H15ClN2O3S/c1-2-3-4-11(15)14-18(16,17)8-5-6-10(13)9(12)7-8/h5-7H,2-4,13H2,1H3,(H,14,15). The summed E-state index contributed by atoms with van der Waals surface area (Å²) in [5, 5.41) is 0.138. The fourth-order valence-electron chi connectivity index (χ4n) is 1.27. The van der Waals surface area contributed by atoms with Crippen molar-refractivity contribution in [3.63, 3.8) is 0 Å². The van der Waals surface area contributed by atoms with Crippen LogP contribution in [0.4, 0.5) is 5.69 Å². The van der Waals surface area contributed by atoms with Crippen molar-refractivity contribution >= 4 is 33.2 Å². The van der Waals surface area contributed by atoms with E-state index < -0.39 is 15.9 Å². The van der Waals surface area contributed by atoms with Gasteiger partial charge in [-0.3, -0.25) is 4.79 Å². The van der Waals surface area contributed by atoms with Crippen LogP contribution in [0, 0.1) is 0 Å². The van der Waals surface area contributed by atoms with Gasteiger partial charge in [0.2, 0.25) is 5.91 Å². The van der Waals surface area contributed by atoms with Gasteiger partial charge in [-0.05, 0) is 24.6 Å². The van der Waals surface area contributed by atoms with Crippen molar-refractivity contribution in [1.82, 2.24) is 4.72 Å². The molecule has 0 aliphatic rings. The number of hydrogen-bond acceptors (Lipinski definition) is 4. The van der Waals surface area contributed by atoms with E-state index in [2.05, 4.69) is 0 Å². The molecule has 1 rings (SSSR count). The van der Waals surface area contributed by atoms with Gasteiger partial charge in [0.05, 0.1) is 15.6 Å². The highest BCUT2D eigenvalue weighted by molar-refractivity contribution is 7.90. The lowest BCUT2D eigenvalue weighted by atomic mass is 10.2. The average Bonchev–Trinajstić information content (AvgIpc) is 2.29. The zero-order valence-electron chi connectivity index (χ0n) is 9.94. The Bertz CT molecular complexity index is 543. The van der Waals surface area contributed by atoms with E-state index in [0.29, 0.717) is 6.42 Å². The molecule has 0 bridgehead atoms. The maximum atomic E-state index is 11.8. The molecule has 1 aromatic rings. The third-order valence-corrected chi connectivity index (χ3v) is 3.99. The zero-order valence-corrected chi connectivity index (χ0v) is 11.5. The quantitative estimate of drug-likeness (QED) is 0.811. The van der Waals surface area contributed by atoms with E-state index in [1.165, 1.54) is 18.2 Å². The third kappa shape index (κ3) is 3.89. The summed E-state index contributed by atoms with van der Waals surface area (Å²) < 4.78 is 25.7. The molecule has 0 spiro atoms. The maximum absolute atomic E-state index is 11.8. The second-order valence-electron chi connectivity index (χ2n) is 3.82. The predicted molar refractivity (Wildman–Crippen MR) is 70.7 cm³/mol. The molecule has 18 heavy (non-hydrogen) atoms. The Morgan fingerprint density at radius 3 is 2.67 bits per heavy atom. The molecule has 0 atom stereocenters. The highest BCUT2D eigenvalue weighted by Crippen LogP contribution is 2.22. The number of sulfonamides is 1. The molecule has 0 fully saturated rings. The minimum Gasteiger partial charge on any atom is -0.398 e. The number of hydrogen-bond donors (Lipinski definition) is 2. The molecule has 3 N–H and O–H groups in total. The first-order chi connectivity index (χ1) is 8.36. The fraction of sp³-hybridized carbons (Fsp3) is 0.364. The minimum atomic E-state index is -3.87. The molecule has 1 aromatic carbocycles. The van der Waals surface area contributed by atoms with E-state index in [1.807, 2.05) is 11.6 Å². The molecule has 0 aromatic heterocycles. The van der Waals surface area contributed by atoms with Gasteiger partial charge in [0.1, 0.15) is 0 Å². The first-order valence-corrected chi connectivity index (χ1v) is 7.33. The van der Waals surface area contributed by atoms with Crippen molar-refractivity contribution in [2.24, 2.45) is 0 Å². The van der Waals surface area contributed by atoms with E-state index in [-0.39, 0.29) is 22.0 Å². The van der Waals surface area contributed by atoms with E-state index >= 15 is 0 Å². The van der Waals surface area contributed by atoms with Crippen LogP contribution in [-0.4, -0.2) is 14.3 Å². The molecular weight excluding hydrogens is 276 g/mol. The molecule has 0 heterocycles. The van der Waals surface area contributed by atoms with Crippen LogP contribution in [0.15, 0.2) is 23.1 Å². The Labute approximate surface area is 111 Å². The summed E-state index contributed by atoms with van der Waals surface area (Å²) in [6.07, 6.45) is 1.64. The normalized spacial score (nSPS) is 11.2. The summed E-state index contributed by atoms with van der Waals surface area (Å²) in [5.74, 6) is -0.523. The summed E-state index contributed by atoms with van der Waals surface area (Å²) in [7, 11) is -3.87. The molecule has 0 saturated carbocycles. The first-order valence-electron chi connectivity index (χ1n) is 5.47. The molecule has 100 valence electrons. The number of carbonyl (C=O) groups is 1. The number of rotatable bonds is 5. The zero-order chi connectivity index (χ0) is 13.8. The number of halogens is 1. The van der Waals surface area contributed by atoms with Crippen molar-refractivity contribution in [3.05, 3.63) is 23.2 Å². The molecule has 7 heteroatoms. The van der Waals surface area contributed by atoms with Crippen molar-refractivity contribution in [2.45, 2.75) is 31.1 Å². The number of carbonyl (C=O) groups excluding carboxylic acids is 1. The number of nitrogens with two attached hydrogens (primary N) is 1. The van der Waals surface area contributed by atoms with Gasteiger partial charge in [0, 0.05) is 6.42 Å². The Morgan fingerprint density at radius 2 is 2.11 bits per heavy atom. The van der Waals surface area contributed by atoms with Crippen LogP contribution >= 0.6 is 11.6 Å². The lowest BCUT2D eigenvalue weighted by Gasteiger charge is -2.07. The van der Waals surface area contributed by atoms with Crippen LogP contribution in [0.25, 0.3) is 0 Å². The Kier molecular flexibility index (Phi) is 4.98. The van der Waals surface area contributed by atoms with Crippen LogP contribution < -0.4 is 10.5 Å². The third-order valence-electron chi connectivity index (χ3n) is 2.29. The Morgan fingerprint density at radius 1 is 1.44 bits per heavy atom. The van der Waals surface area contributed by atoms with Gasteiger partial charge in [0.25, 0.3) is 10.0 Å². The van der Waals surface area contributed by atoms with E-state index in [4.69, 9.17) is 17.3 Å². The average molecular weight is 291 g/mol. The Balaban J connectivity index is 2.86. The van der Waals surface area contributed by atoms with Gasteiger partial charge < -0.3 is 5.73 Å². The summed E-state index contributed by atoms with van der Waals surface area (Å²) in [6, 6.07) is 3.90. The Hall–Kier alpha value is -1.27. The first kappa shape index (κ1) is 14.8. The molecule has 0 aliphatic heterocycles. The van der Waals surface area contributed by atoms with E-state index in [0.717, 1.165) is 6.42 Å². The van der Waals surface area contributed by atoms with Crippen LogP contribution in [0.1, 0.15) is 26.2 Å². The smallest absolute Gasteiger partial charge is 0.264 e. The lowest BCUT2D eigenvalue weighted by Crippen LogP contribution is -2.30. The molecular formula is C11H15ClN2O3S. The SMILES string of the molecule is CCCCC(=O)NS(=O)(=O)c1ccc(N)c(Cl)c1. The summed E-state index contributed by atoms with van der Waals surface area (Å²) >= 11 is 5.74. The highest BCUT2D eigenvalue weighted by Gasteiger charge is 2.18. The maximum Gasteiger partial charge on any atom is 0.264 e. The largest absolute Gasteiger partial charge is 0.398 e. The molecule has 0 saturated heterocycles. The van der Waals surface area contributed by atoms with Gasteiger partial charge in [-0.2, -0.15) is 0 Å². The molecule has 0 radical (unpaired) electrons. The van der Waals surface area contributed by atoms with E-state index in [9.17, 15) is 13.2 Å². The second-order valence-corrected chi connectivity index (χ2v) is 5.91. The van der Waals surface area contributed by atoms with E-state index in [1.54, 1.807) is 0 Å². The summed E-state index contributed by atoms with van der Waals surface area (Å²) in [4.78, 5) is 11.3. The van der Waals surface area contributed by atoms with Crippen LogP contribution in [0.3, 0.4) is 0 Å². The molecule has 0 unspecified atom stereocenters. The number of benzene rings is 1. The van der Waals surface area contributed by atoms with Gasteiger partial charge in [-0.15, -0.1) is 0 Å². The van der Waals surface area contributed by atoms with Gasteiger partial charge in [-0.1, -0.05) is 24.9 Å². The highest BCUT2D eigenvalue weighted by atomic mass is 35.5. The lowest BCUT2D eigenvalue weighted by molar-refractivity contribution is -0.119. The number of amides is 1. The van der Waals surface area contributed by atoms with Crippen molar-refractivity contribution < 1.29 is 13.2 Å². The van der Waals surface area contributed by atoms with Crippen molar-refractivity contribution in [2.75, 3.05) is 5.73 Å². The number of anilines is 1. The molecule has 0 aliphatic carbocycles. The monoisotopic (exact) mass is 290 g/mol. The molecule has 5 nitrogen and oxygen atoms in total.